The van der Waals surface area contributed by atoms with Crippen LogP contribution in [0.2, 0.25) is 0 Å². The minimum atomic E-state index is -0.252. The molecule has 2 aliphatic rings. The van der Waals surface area contributed by atoms with Crippen molar-refractivity contribution in [1.29, 1.82) is 0 Å². The predicted octanol–water partition coefficient (Wildman–Crippen LogP) is 2.58. The Hall–Kier alpha value is -2.37. The molecule has 29 heavy (non-hydrogen) atoms. The van der Waals surface area contributed by atoms with Crippen LogP contribution >= 0.6 is 0 Å². The molecule has 0 spiro atoms. The fourth-order valence-electron chi connectivity index (χ4n) is 4.16. The zero-order chi connectivity index (χ0) is 21.0. The van der Waals surface area contributed by atoms with Crippen LogP contribution in [0.5, 0.6) is 0 Å². The lowest BCUT2D eigenvalue weighted by Crippen LogP contribution is -2.48. The van der Waals surface area contributed by atoms with E-state index in [2.05, 4.69) is 26.1 Å². The van der Waals surface area contributed by atoms with Gasteiger partial charge in [0.2, 0.25) is 17.7 Å². The molecule has 1 aromatic carbocycles. The molecule has 3 rings (SSSR count). The van der Waals surface area contributed by atoms with Crippen LogP contribution in [0.1, 0.15) is 52.0 Å². The van der Waals surface area contributed by atoms with Gasteiger partial charge < -0.3 is 15.1 Å². The summed E-state index contributed by atoms with van der Waals surface area (Å²) in [6.45, 7) is 8.50. The van der Waals surface area contributed by atoms with E-state index in [1.54, 1.807) is 4.90 Å². The largest absolute Gasteiger partial charge is 0.353 e. The lowest BCUT2D eigenvalue weighted by Gasteiger charge is -2.34. The maximum absolute atomic E-state index is 12.9. The van der Waals surface area contributed by atoms with E-state index in [1.807, 2.05) is 35.2 Å². The second-order valence-electron chi connectivity index (χ2n) is 9.57. The Balaban J connectivity index is 1.46. The van der Waals surface area contributed by atoms with Gasteiger partial charge >= 0.3 is 0 Å². The number of piperidine rings is 1. The molecule has 2 saturated heterocycles. The summed E-state index contributed by atoms with van der Waals surface area (Å²) in [6.07, 6.45) is 2.35. The minimum Gasteiger partial charge on any atom is -0.353 e. The zero-order valence-corrected chi connectivity index (χ0v) is 17.8. The van der Waals surface area contributed by atoms with Crippen LogP contribution in [0.4, 0.5) is 0 Å². The molecule has 0 saturated carbocycles. The standard InChI is InChI=1S/C23H33N3O3/c1-23(2,3)14-20(27)24-19-9-11-25(12-10-19)22(29)18-13-21(28)26(16-18)15-17-7-5-4-6-8-17/h4-8,18-19H,9-16H2,1-3H3,(H,24,27). The molecule has 3 amide bonds. The highest BCUT2D eigenvalue weighted by Gasteiger charge is 2.37. The van der Waals surface area contributed by atoms with Crippen LogP contribution in [0.25, 0.3) is 0 Å². The van der Waals surface area contributed by atoms with E-state index >= 15 is 0 Å². The van der Waals surface area contributed by atoms with Crippen LogP contribution < -0.4 is 5.32 Å². The number of hydrogen-bond acceptors (Lipinski definition) is 3. The van der Waals surface area contributed by atoms with E-state index in [1.165, 1.54) is 0 Å². The number of nitrogens with zero attached hydrogens (tertiary/aromatic N) is 2. The van der Waals surface area contributed by atoms with Gasteiger partial charge in [0.15, 0.2) is 0 Å². The maximum Gasteiger partial charge on any atom is 0.227 e. The number of benzene rings is 1. The minimum absolute atomic E-state index is 0.0264. The highest BCUT2D eigenvalue weighted by Crippen LogP contribution is 2.24. The number of carbonyl (C=O) groups excluding carboxylic acids is 3. The number of hydrogen-bond donors (Lipinski definition) is 1. The zero-order valence-electron chi connectivity index (χ0n) is 17.8. The highest BCUT2D eigenvalue weighted by molar-refractivity contribution is 5.89. The van der Waals surface area contributed by atoms with Gasteiger partial charge in [-0.2, -0.15) is 0 Å². The van der Waals surface area contributed by atoms with E-state index < -0.39 is 0 Å². The fourth-order valence-corrected chi connectivity index (χ4v) is 4.16. The summed E-state index contributed by atoms with van der Waals surface area (Å²) in [4.78, 5) is 41.1. The van der Waals surface area contributed by atoms with Gasteiger partial charge in [-0.15, -0.1) is 0 Å². The summed E-state index contributed by atoms with van der Waals surface area (Å²) in [5, 5.41) is 3.11. The van der Waals surface area contributed by atoms with Crippen LogP contribution in [0.3, 0.4) is 0 Å². The van der Waals surface area contributed by atoms with Crippen LogP contribution in [-0.2, 0) is 20.9 Å². The summed E-state index contributed by atoms with van der Waals surface area (Å²) in [7, 11) is 0. The van der Waals surface area contributed by atoms with Gasteiger partial charge in [0, 0.05) is 45.1 Å². The quantitative estimate of drug-likeness (QED) is 0.827. The lowest BCUT2D eigenvalue weighted by molar-refractivity contribution is -0.137. The van der Waals surface area contributed by atoms with Gasteiger partial charge in [0.25, 0.3) is 0 Å². The molecule has 2 heterocycles. The first kappa shape index (κ1) is 21.3. The number of nitrogens with one attached hydrogen (secondary N) is 1. The summed E-state index contributed by atoms with van der Waals surface area (Å²) < 4.78 is 0. The molecule has 2 aliphatic heterocycles. The average molecular weight is 400 g/mol. The Morgan fingerprint density at radius 2 is 1.76 bits per heavy atom. The third-order valence-electron chi connectivity index (χ3n) is 5.64. The smallest absolute Gasteiger partial charge is 0.227 e. The Kier molecular flexibility index (Phi) is 6.60. The van der Waals surface area contributed by atoms with Crippen LogP contribution in [0.15, 0.2) is 30.3 Å². The monoisotopic (exact) mass is 399 g/mol. The molecular weight excluding hydrogens is 366 g/mol. The molecule has 1 unspecified atom stereocenters. The first-order chi connectivity index (χ1) is 13.7. The van der Waals surface area contributed by atoms with Crippen molar-refractivity contribution in [3.63, 3.8) is 0 Å². The molecule has 2 fully saturated rings. The third kappa shape index (κ3) is 6.05. The average Bonchev–Trinajstić information content (AvgIpc) is 3.01. The Morgan fingerprint density at radius 1 is 1.10 bits per heavy atom. The Morgan fingerprint density at radius 3 is 2.38 bits per heavy atom. The van der Waals surface area contributed by atoms with Crippen molar-refractivity contribution in [3.05, 3.63) is 35.9 Å². The maximum atomic E-state index is 12.9. The van der Waals surface area contributed by atoms with Gasteiger partial charge in [-0.25, -0.2) is 0 Å². The van der Waals surface area contributed by atoms with Gasteiger partial charge in [0.05, 0.1) is 5.92 Å². The van der Waals surface area contributed by atoms with Gasteiger partial charge in [-0.05, 0) is 23.8 Å². The SMILES string of the molecule is CC(C)(C)CC(=O)NC1CCN(C(=O)C2CC(=O)N(Cc3ccccc3)C2)CC1. The van der Waals surface area contributed by atoms with Crippen molar-refractivity contribution in [2.24, 2.45) is 11.3 Å². The summed E-state index contributed by atoms with van der Waals surface area (Å²) in [5.41, 5.74) is 1.06. The predicted molar refractivity (Wildman–Crippen MR) is 112 cm³/mol. The van der Waals surface area contributed by atoms with Crippen molar-refractivity contribution in [3.8, 4) is 0 Å². The molecule has 6 heteroatoms. The van der Waals surface area contributed by atoms with E-state index in [4.69, 9.17) is 0 Å². The van der Waals surface area contributed by atoms with Gasteiger partial charge in [-0.3, -0.25) is 14.4 Å². The summed E-state index contributed by atoms with van der Waals surface area (Å²) in [6, 6.07) is 10.0. The number of likely N-dealkylation sites (tertiary alicyclic amines) is 2. The normalized spacial score (nSPS) is 20.8. The summed E-state index contributed by atoms with van der Waals surface area (Å²) >= 11 is 0. The topological polar surface area (TPSA) is 69.7 Å². The molecule has 158 valence electrons. The Labute approximate surface area is 173 Å². The van der Waals surface area contributed by atoms with Crippen molar-refractivity contribution < 1.29 is 14.4 Å². The van der Waals surface area contributed by atoms with Crippen LogP contribution in [-0.4, -0.2) is 53.2 Å². The van der Waals surface area contributed by atoms with Crippen molar-refractivity contribution in [2.45, 2.75) is 59.0 Å². The molecule has 0 aromatic heterocycles. The van der Waals surface area contributed by atoms with Crippen molar-refractivity contribution in [2.75, 3.05) is 19.6 Å². The second-order valence-corrected chi connectivity index (χ2v) is 9.57. The molecule has 0 aliphatic carbocycles. The van der Waals surface area contributed by atoms with Crippen LogP contribution in [0, 0.1) is 11.3 Å². The molecular formula is C23H33N3O3. The second kappa shape index (κ2) is 8.97. The molecule has 1 atom stereocenters. The van der Waals surface area contributed by atoms with E-state index in [0.717, 1.165) is 18.4 Å². The molecule has 6 nitrogen and oxygen atoms in total. The molecule has 0 bridgehead atoms. The van der Waals surface area contributed by atoms with E-state index in [9.17, 15) is 14.4 Å². The third-order valence-corrected chi connectivity index (χ3v) is 5.64. The van der Waals surface area contributed by atoms with E-state index in [0.29, 0.717) is 39.0 Å². The Bertz CT molecular complexity index is 733. The van der Waals surface area contributed by atoms with E-state index in [-0.39, 0.29) is 35.1 Å². The molecule has 1 N–H and O–H groups in total. The number of rotatable bonds is 5. The van der Waals surface area contributed by atoms with Gasteiger partial charge in [-0.1, -0.05) is 51.1 Å². The first-order valence-corrected chi connectivity index (χ1v) is 10.6. The van der Waals surface area contributed by atoms with Crippen molar-refractivity contribution >= 4 is 17.7 Å². The molecule has 0 radical (unpaired) electrons. The number of amides is 3. The van der Waals surface area contributed by atoms with Crippen molar-refractivity contribution in [1.82, 2.24) is 15.1 Å². The van der Waals surface area contributed by atoms with Gasteiger partial charge in [0.1, 0.15) is 0 Å². The fraction of sp³-hybridized carbons (Fsp3) is 0.609. The number of carbonyl (C=O) groups is 3. The highest BCUT2D eigenvalue weighted by atomic mass is 16.2. The summed E-state index contributed by atoms with van der Waals surface area (Å²) in [5.74, 6) is -0.0385. The lowest BCUT2D eigenvalue weighted by atomic mass is 9.91. The first-order valence-electron chi connectivity index (χ1n) is 10.6. The molecule has 1 aromatic rings.